The number of hydrogen-bond donors (Lipinski definition) is 2. The van der Waals surface area contributed by atoms with Gasteiger partial charge in [0, 0.05) is 15.2 Å². The summed E-state index contributed by atoms with van der Waals surface area (Å²) in [6.45, 7) is 13.4. The maximum Gasteiger partial charge on any atom is 0.119 e. The molecule has 2 aromatic heterocycles. The minimum absolute atomic E-state index is 0.0912. The standard InChI is InChI=1S/C26H30BrN3O2/c1-24(2,3)16-11-15-12-20(25(4,5)31)30-22(15)19(13-16)21(23(29-30)26(6,7)32)28-18-10-8-9-17(27)14-18/h8-14,31-32H,1-7H3. The van der Waals surface area contributed by atoms with Crippen LogP contribution in [0, 0.1) is 0 Å². The molecule has 0 aliphatic rings. The van der Waals surface area contributed by atoms with E-state index in [4.69, 9.17) is 10.1 Å². The first-order valence-corrected chi connectivity index (χ1v) is 11.6. The van der Waals surface area contributed by atoms with Gasteiger partial charge in [-0.3, -0.25) is 0 Å². The molecule has 0 saturated carbocycles. The highest BCUT2D eigenvalue weighted by molar-refractivity contribution is 9.10. The lowest BCUT2D eigenvalue weighted by atomic mass is 9.85. The first kappa shape index (κ1) is 22.9. The molecule has 0 spiro atoms. The molecule has 0 aliphatic heterocycles. The summed E-state index contributed by atoms with van der Waals surface area (Å²) >= 11 is 3.52. The van der Waals surface area contributed by atoms with E-state index in [1.54, 1.807) is 32.2 Å². The van der Waals surface area contributed by atoms with Crippen LogP contribution in [0.4, 0.5) is 5.69 Å². The first-order chi connectivity index (χ1) is 14.7. The second-order valence-corrected chi connectivity index (χ2v) is 11.5. The third kappa shape index (κ3) is 4.07. The summed E-state index contributed by atoms with van der Waals surface area (Å²) in [7, 11) is 0. The number of halogens is 1. The van der Waals surface area contributed by atoms with E-state index < -0.39 is 11.2 Å². The summed E-state index contributed by atoms with van der Waals surface area (Å²) in [6.07, 6.45) is 0. The largest absolute Gasteiger partial charge is 0.384 e. The molecule has 168 valence electrons. The Hall–Kier alpha value is -2.28. The third-order valence-corrected chi connectivity index (χ3v) is 6.17. The zero-order valence-electron chi connectivity index (χ0n) is 19.7. The molecule has 0 amide bonds. The van der Waals surface area contributed by atoms with Crippen molar-refractivity contribution in [2.45, 2.75) is 65.1 Å². The lowest BCUT2D eigenvalue weighted by Crippen LogP contribution is -2.31. The third-order valence-electron chi connectivity index (χ3n) is 5.67. The SMILES string of the molecule is CC(C)(C)c1cc2cc(C(C)(C)O)n3nc(C(C)(C)O)c(=Nc4cccc(Br)c4)c(c1)c23. The molecule has 4 aromatic rings. The van der Waals surface area contributed by atoms with Gasteiger partial charge in [0.1, 0.15) is 16.9 Å². The van der Waals surface area contributed by atoms with Crippen molar-refractivity contribution in [1.82, 2.24) is 9.61 Å². The van der Waals surface area contributed by atoms with Crippen molar-refractivity contribution < 1.29 is 10.2 Å². The predicted molar refractivity (Wildman–Crippen MR) is 132 cm³/mol. The normalized spacial score (nSPS) is 14.1. The van der Waals surface area contributed by atoms with Crippen molar-refractivity contribution in [2.24, 2.45) is 4.99 Å². The zero-order valence-corrected chi connectivity index (χ0v) is 21.2. The Kier molecular flexibility index (Phi) is 5.27. The Morgan fingerprint density at radius 1 is 0.906 bits per heavy atom. The average Bonchev–Trinajstić information content (AvgIpc) is 3.02. The highest BCUT2D eigenvalue weighted by atomic mass is 79.9. The summed E-state index contributed by atoms with van der Waals surface area (Å²) in [6, 6.07) is 14.0. The van der Waals surface area contributed by atoms with Crippen LogP contribution in [0.15, 0.2) is 51.9 Å². The quantitative estimate of drug-likeness (QED) is 0.384. The van der Waals surface area contributed by atoms with Gasteiger partial charge in [-0.15, -0.1) is 0 Å². The molecule has 0 bridgehead atoms. The van der Waals surface area contributed by atoms with Crippen LogP contribution in [0.5, 0.6) is 0 Å². The molecular weight excluding hydrogens is 466 g/mol. The first-order valence-electron chi connectivity index (χ1n) is 10.8. The number of hydrogen-bond acceptors (Lipinski definition) is 4. The molecule has 0 radical (unpaired) electrons. The Bertz CT molecular complexity index is 1380. The van der Waals surface area contributed by atoms with E-state index in [0.29, 0.717) is 16.7 Å². The van der Waals surface area contributed by atoms with Crippen LogP contribution in [0.1, 0.15) is 65.4 Å². The average molecular weight is 496 g/mol. The van der Waals surface area contributed by atoms with Crippen molar-refractivity contribution in [3.8, 4) is 0 Å². The van der Waals surface area contributed by atoms with Gasteiger partial charge in [0.25, 0.3) is 0 Å². The van der Waals surface area contributed by atoms with E-state index >= 15 is 0 Å². The number of rotatable bonds is 3. The fourth-order valence-electron chi connectivity index (χ4n) is 3.96. The van der Waals surface area contributed by atoms with Crippen LogP contribution in [0.3, 0.4) is 0 Å². The number of aromatic nitrogens is 2. The van der Waals surface area contributed by atoms with Crippen LogP contribution in [0.25, 0.3) is 16.3 Å². The molecule has 5 nitrogen and oxygen atoms in total. The molecular formula is C26H30BrN3O2. The van der Waals surface area contributed by atoms with Crippen LogP contribution < -0.4 is 5.36 Å². The molecule has 0 saturated heterocycles. The van der Waals surface area contributed by atoms with Gasteiger partial charge in [-0.25, -0.2) is 9.51 Å². The number of aliphatic hydroxyl groups is 2. The van der Waals surface area contributed by atoms with E-state index in [0.717, 1.165) is 32.0 Å². The minimum Gasteiger partial charge on any atom is -0.384 e. The molecule has 0 unspecified atom stereocenters. The summed E-state index contributed by atoms with van der Waals surface area (Å²) < 4.78 is 2.70. The fourth-order valence-corrected chi connectivity index (χ4v) is 4.35. The Balaban J connectivity index is 2.27. The van der Waals surface area contributed by atoms with Gasteiger partial charge in [0.2, 0.25) is 0 Å². The Morgan fingerprint density at radius 3 is 2.16 bits per heavy atom. The lowest BCUT2D eigenvalue weighted by molar-refractivity contribution is 0.0651. The van der Waals surface area contributed by atoms with Gasteiger partial charge in [-0.1, -0.05) is 42.8 Å². The monoisotopic (exact) mass is 495 g/mol. The maximum absolute atomic E-state index is 11.1. The smallest absolute Gasteiger partial charge is 0.119 e. The maximum atomic E-state index is 11.1. The molecule has 4 rings (SSSR count). The van der Waals surface area contributed by atoms with Crippen LogP contribution >= 0.6 is 15.9 Å². The molecule has 6 heteroatoms. The van der Waals surface area contributed by atoms with Crippen LogP contribution in [-0.2, 0) is 16.6 Å². The van der Waals surface area contributed by atoms with Crippen LogP contribution in [-0.4, -0.2) is 19.8 Å². The summed E-state index contributed by atoms with van der Waals surface area (Å²) in [4.78, 5) is 4.97. The van der Waals surface area contributed by atoms with Gasteiger partial charge < -0.3 is 10.2 Å². The van der Waals surface area contributed by atoms with E-state index in [1.165, 1.54) is 0 Å². The van der Waals surface area contributed by atoms with E-state index in [-0.39, 0.29) is 5.41 Å². The van der Waals surface area contributed by atoms with Gasteiger partial charge in [-0.2, -0.15) is 5.10 Å². The molecule has 0 aliphatic carbocycles. The highest BCUT2D eigenvalue weighted by Crippen LogP contribution is 2.34. The lowest BCUT2D eigenvalue weighted by Gasteiger charge is -2.23. The van der Waals surface area contributed by atoms with Crippen LogP contribution in [0.2, 0.25) is 0 Å². The zero-order chi connectivity index (χ0) is 23.6. The molecule has 2 aromatic carbocycles. The van der Waals surface area contributed by atoms with Crippen molar-refractivity contribution in [3.63, 3.8) is 0 Å². The minimum atomic E-state index is -1.24. The Labute approximate surface area is 196 Å². The topological polar surface area (TPSA) is 70.1 Å². The number of benzene rings is 2. The second kappa shape index (κ2) is 7.37. The molecule has 2 N–H and O–H groups in total. The van der Waals surface area contributed by atoms with Crippen molar-refractivity contribution >= 4 is 37.9 Å². The predicted octanol–water partition coefficient (Wildman–Crippen LogP) is 5.67. The number of nitrogens with zero attached hydrogens (tertiary/aromatic N) is 3. The van der Waals surface area contributed by atoms with Gasteiger partial charge in [0.15, 0.2) is 0 Å². The summed E-state index contributed by atoms with van der Waals surface area (Å²) in [5.74, 6) is 0. The van der Waals surface area contributed by atoms with E-state index in [9.17, 15) is 10.2 Å². The van der Waals surface area contributed by atoms with E-state index in [2.05, 4.69) is 48.8 Å². The fraction of sp³-hybridized carbons (Fsp3) is 0.385. The summed E-state index contributed by atoms with van der Waals surface area (Å²) in [5.41, 5.74) is 1.49. The van der Waals surface area contributed by atoms with Gasteiger partial charge in [0.05, 0.1) is 22.3 Å². The molecule has 2 heterocycles. The Morgan fingerprint density at radius 2 is 1.59 bits per heavy atom. The highest BCUT2D eigenvalue weighted by Gasteiger charge is 2.29. The van der Waals surface area contributed by atoms with Crippen molar-refractivity contribution in [3.05, 3.63) is 69.2 Å². The van der Waals surface area contributed by atoms with Crippen molar-refractivity contribution in [2.75, 3.05) is 0 Å². The second-order valence-electron chi connectivity index (χ2n) is 10.6. The molecule has 0 atom stereocenters. The molecule has 0 fully saturated rings. The van der Waals surface area contributed by atoms with E-state index in [1.807, 2.05) is 30.3 Å². The summed E-state index contributed by atoms with van der Waals surface area (Å²) in [5, 5.41) is 29.3. The van der Waals surface area contributed by atoms with Crippen molar-refractivity contribution in [1.29, 1.82) is 0 Å². The van der Waals surface area contributed by atoms with Gasteiger partial charge in [-0.05, 0) is 75.1 Å². The van der Waals surface area contributed by atoms with Gasteiger partial charge >= 0.3 is 0 Å². The molecule has 32 heavy (non-hydrogen) atoms.